The van der Waals surface area contributed by atoms with Crippen LogP contribution in [-0.4, -0.2) is 17.7 Å². The average molecular weight is 203 g/mol. The van der Waals surface area contributed by atoms with Gasteiger partial charge < -0.3 is 10.0 Å². The highest BCUT2D eigenvalue weighted by Crippen LogP contribution is 2.38. The standard InChI is InChI=1S/C13H17NO/c1-9-8-13(2,3)14(4)12-6-5-10(15)7-11(9)12/h5-8,15H,1-4H3. The second-order valence-electron chi connectivity index (χ2n) is 4.74. The van der Waals surface area contributed by atoms with Crippen LogP contribution in [0.3, 0.4) is 0 Å². The zero-order chi connectivity index (χ0) is 11.2. The van der Waals surface area contributed by atoms with E-state index >= 15 is 0 Å². The predicted molar refractivity (Wildman–Crippen MR) is 64.2 cm³/mol. The molecule has 1 aromatic rings. The van der Waals surface area contributed by atoms with Crippen LogP contribution in [-0.2, 0) is 0 Å². The van der Waals surface area contributed by atoms with Crippen LogP contribution < -0.4 is 4.90 Å². The summed E-state index contributed by atoms with van der Waals surface area (Å²) in [5.41, 5.74) is 3.56. The minimum Gasteiger partial charge on any atom is -0.508 e. The van der Waals surface area contributed by atoms with Gasteiger partial charge in [-0.1, -0.05) is 6.08 Å². The van der Waals surface area contributed by atoms with Gasteiger partial charge in [-0.15, -0.1) is 0 Å². The van der Waals surface area contributed by atoms with Crippen molar-refractivity contribution in [1.29, 1.82) is 0 Å². The van der Waals surface area contributed by atoms with Crippen LogP contribution in [0.15, 0.2) is 24.3 Å². The number of nitrogens with zero attached hydrogens (tertiary/aromatic N) is 1. The molecule has 0 aromatic heterocycles. The topological polar surface area (TPSA) is 23.5 Å². The van der Waals surface area contributed by atoms with E-state index in [1.54, 1.807) is 6.07 Å². The van der Waals surface area contributed by atoms with Crippen molar-refractivity contribution in [3.8, 4) is 5.75 Å². The smallest absolute Gasteiger partial charge is 0.116 e. The van der Waals surface area contributed by atoms with E-state index in [9.17, 15) is 5.11 Å². The molecule has 0 saturated heterocycles. The quantitative estimate of drug-likeness (QED) is 0.700. The highest BCUT2D eigenvalue weighted by Gasteiger charge is 2.28. The number of benzene rings is 1. The molecule has 0 amide bonds. The van der Waals surface area contributed by atoms with E-state index in [2.05, 4.69) is 38.8 Å². The van der Waals surface area contributed by atoms with Crippen LogP contribution in [0, 0.1) is 0 Å². The highest BCUT2D eigenvalue weighted by molar-refractivity contribution is 5.81. The molecule has 1 aliphatic rings. The van der Waals surface area contributed by atoms with Crippen LogP contribution in [0.4, 0.5) is 5.69 Å². The van der Waals surface area contributed by atoms with Crippen molar-refractivity contribution in [3.63, 3.8) is 0 Å². The fourth-order valence-electron chi connectivity index (χ4n) is 2.15. The lowest BCUT2D eigenvalue weighted by Crippen LogP contribution is -2.41. The van der Waals surface area contributed by atoms with E-state index in [0.717, 1.165) is 5.56 Å². The molecule has 0 unspecified atom stereocenters. The van der Waals surface area contributed by atoms with Gasteiger partial charge in [0.15, 0.2) is 0 Å². The minimum atomic E-state index is 0.0358. The van der Waals surface area contributed by atoms with Gasteiger partial charge in [-0.3, -0.25) is 0 Å². The molecule has 1 aliphatic heterocycles. The molecule has 0 aliphatic carbocycles. The molecule has 0 spiro atoms. The number of phenolic OH excluding ortho intramolecular Hbond substituents is 1. The molecule has 2 rings (SSSR count). The van der Waals surface area contributed by atoms with Crippen molar-refractivity contribution < 1.29 is 5.11 Å². The summed E-state index contributed by atoms with van der Waals surface area (Å²) in [5, 5.41) is 9.48. The highest BCUT2D eigenvalue weighted by atomic mass is 16.3. The van der Waals surface area contributed by atoms with Gasteiger partial charge in [0.05, 0.1) is 5.54 Å². The second-order valence-corrected chi connectivity index (χ2v) is 4.74. The van der Waals surface area contributed by atoms with Gasteiger partial charge in [-0.2, -0.15) is 0 Å². The lowest BCUT2D eigenvalue weighted by atomic mass is 9.89. The molecular formula is C13H17NO. The SMILES string of the molecule is CC1=CC(C)(C)N(C)c2ccc(O)cc21. The van der Waals surface area contributed by atoms with E-state index in [-0.39, 0.29) is 5.54 Å². The molecule has 0 atom stereocenters. The first-order valence-corrected chi connectivity index (χ1v) is 5.18. The molecule has 1 N–H and O–H groups in total. The van der Waals surface area contributed by atoms with Gasteiger partial charge in [-0.05, 0) is 44.5 Å². The molecule has 0 fully saturated rings. The van der Waals surface area contributed by atoms with Crippen molar-refractivity contribution in [2.24, 2.45) is 0 Å². The third kappa shape index (κ3) is 1.50. The number of aromatic hydroxyl groups is 1. The Morgan fingerprint density at radius 3 is 2.60 bits per heavy atom. The van der Waals surface area contributed by atoms with Crippen LogP contribution in [0.25, 0.3) is 5.57 Å². The molecule has 1 aromatic carbocycles. The number of phenols is 1. The molecule has 1 heterocycles. The fraction of sp³-hybridized carbons (Fsp3) is 0.385. The van der Waals surface area contributed by atoms with Crippen molar-refractivity contribution in [2.75, 3.05) is 11.9 Å². The maximum atomic E-state index is 9.48. The van der Waals surface area contributed by atoms with E-state index < -0.39 is 0 Å². The van der Waals surface area contributed by atoms with Gasteiger partial charge >= 0.3 is 0 Å². The van der Waals surface area contributed by atoms with Crippen molar-refractivity contribution in [3.05, 3.63) is 29.8 Å². The molecule has 80 valence electrons. The number of anilines is 1. The summed E-state index contributed by atoms with van der Waals surface area (Å²) >= 11 is 0. The minimum absolute atomic E-state index is 0.0358. The predicted octanol–water partition coefficient (Wildman–Crippen LogP) is 3.02. The maximum Gasteiger partial charge on any atom is 0.116 e. The number of hydrogen-bond acceptors (Lipinski definition) is 2. The van der Waals surface area contributed by atoms with Crippen molar-refractivity contribution in [2.45, 2.75) is 26.3 Å². The Balaban J connectivity index is 2.64. The normalized spacial score (nSPS) is 18.4. The van der Waals surface area contributed by atoms with Crippen LogP contribution >= 0.6 is 0 Å². The van der Waals surface area contributed by atoms with Gasteiger partial charge in [0.2, 0.25) is 0 Å². The summed E-state index contributed by atoms with van der Waals surface area (Å²) in [5.74, 6) is 0.328. The Morgan fingerprint density at radius 2 is 1.93 bits per heavy atom. The lowest BCUT2D eigenvalue weighted by molar-refractivity contribution is 0.474. The van der Waals surface area contributed by atoms with Crippen molar-refractivity contribution >= 4 is 11.3 Å². The Kier molecular flexibility index (Phi) is 2.03. The lowest BCUT2D eigenvalue weighted by Gasteiger charge is -2.40. The number of allylic oxidation sites excluding steroid dienone is 1. The zero-order valence-corrected chi connectivity index (χ0v) is 9.70. The van der Waals surface area contributed by atoms with Crippen molar-refractivity contribution in [1.82, 2.24) is 0 Å². The van der Waals surface area contributed by atoms with E-state index in [0.29, 0.717) is 5.75 Å². The summed E-state index contributed by atoms with van der Waals surface area (Å²) in [6.07, 6.45) is 2.23. The van der Waals surface area contributed by atoms with Gasteiger partial charge in [-0.25, -0.2) is 0 Å². The molecule has 0 radical (unpaired) electrons. The summed E-state index contributed by atoms with van der Waals surface area (Å²) in [7, 11) is 2.08. The number of likely N-dealkylation sites (N-methyl/N-ethyl adjacent to an activating group) is 1. The first-order chi connectivity index (χ1) is 6.92. The molecule has 0 bridgehead atoms. The van der Waals surface area contributed by atoms with E-state index in [1.165, 1.54) is 11.3 Å². The van der Waals surface area contributed by atoms with Gasteiger partial charge in [0.1, 0.15) is 5.75 Å². The third-order valence-electron chi connectivity index (χ3n) is 3.20. The molecule has 2 nitrogen and oxygen atoms in total. The monoisotopic (exact) mass is 203 g/mol. The summed E-state index contributed by atoms with van der Waals surface area (Å²) in [4.78, 5) is 2.23. The number of hydrogen-bond donors (Lipinski definition) is 1. The van der Waals surface area contributed by atoms with Crippen LogP contribution in [0.5, 0.6) is 5.75 Å². The maximum absolute atomic E-state index is 9.48. The first-order valence-electron chi connectivity index (χ1n) is 5.18. The first kappa shape index (κ1) is 10.1. The largest absolute Gasteiger partial charge is 0.508 e. The van der Waals surface area contributed by atoms with E-state index in [4.69, 9.17) is 0 Å². The van der Waals surface area contributed by atoms with E-state index in [1.807, 2.05) is 12.1 Å². The average Bonchev–Trinajstić information content (AvgIpc) is 2.14. The summed E-state index contributed by atoms with van der Waals surface area (Å²) in [6, 6.07) is 5.54. The summed E-state index contributed by atoms with van der Waals surface area (Å²) < 4.78 is 0. The fourth-order valence-corrected chi connectivity index (χ4v) is 2.15. The Bertz CT molecular complexity index is 432. The molecular weight excluding hydrogens is 186 g/mol. The van der Waals surface area contributed by atoms with Crippen LogP contribution in [0.2, 0.25) is 0 Å². The van der Waals surface area contributed by atoms with Gasteiger partial charge in [0, 0.05) is 18.3 Å². The molecule has 2 heteroatoms. The summed E-state index contributed by atoms with van der Waals surface area (Å²) in [6.45, 7) is 6.46. The molecule has 0 saturated carbocycles. The molecule has 15 heavy (non-hydrogen) atoms. The van der Waals surface area contributed by atoms with Gasteiger partial charge in [0.25, 0.3) is 0 Å². The Hall–Kier alpha value is -1.44. The third-order valence-corrected chi connectivity index (χ3v) is 3.20. The zero-order valence-electron chi connectivity index (χ0n) is 9.70. The second kappa shape index (κ2) is 3.02. The Labute approximate surface area is 90.8 Å². The number of fused-ring (bicyclic) bond motifs is 1. The van der Waals surface area contributed by atoms with Crippen LogP contribution in [0.1, 0.15) is 26.3 Å². The number of rotatable bonds is 0. The Morgan fingerprint density at radius 1 is 1.27 bits per heavy atom.